The van der Waals surface area contributed by atoms with Gasteiger partial charge in [0, 0.05) is 12.1 Å². The monoisotopic (exact) mass is 487 g/mol. The van der Waals surface area contributed by atoms with E-state index in [4.69, 9.17) is 0 Å². The van der Waals surface area contributed by atoms with Gasteiger partial charge in [-0.3, -0.25) is 4.72 Å². The van der Waals surface area contributed by atoms with E-state index in [2.05, 4.69) is 9.82 Å². The van der Waals surface area contributed by atoms with E-state index in [0.717, 1.165) is 27.9 Å². The number of nitrogens with one attached hydrogen (secondary N) is 1. The van der Waals surface area contributed by atoms with Gasteiger partial charge in [-0.05, 0) is 48.4 Å². The first kappa shape index (κ1) is 22.9. The number of anilines is 1. The van der Waals surface area contributed by atoms with Gasteiger partial charge in [-0.2, -0.15) is 17.9 Å². The summed E-state index contributed by atoms with van der Waals surface area (Å²) in [4.78, 5) is -0.183. The maximum Gasteiger partial charge on any atom is 0.279 e. The molecule has 1 N–H and O–H groups in total. The molecule has 1 aliphatic heterocycles. The van der Waals surface area contributed by atoms with Crippen molar-refractivity contribution in [1.29, 1.82) is 0 Å². The Bertz CT molecular complexity index is 1420. The Kier molecular flexibility index (Phi) is 5.98. The summed E-state index contributed by atoms with van der Waals surface area (Å²) < 4.78 is 66.9. The number of halogens is 1. The van der Waals surface area contributed by atoms with Crippen LogP contribution in [0, 0.1) is 12.7 Å². The molecule has 0 fully saturated rings. The fraction of sp³-hybridized carbons (Fsp3) is 0.174. The van der Waals surface area contributed by atoms with Crippen molar-refractivity contribution in [3.05, 3.63) is 95.3 Å². The molecule has 0 saturated heterocycles. The van der Waals surface area contributed by atoms with E-state index in [9.17, 15) is 21.2 Å². The van der Waals surface area contributed by atoms with Gasteiger partial charge < -0.3 is 0 Å². The van der Waals surface area contributed by atoms with Gasteiger partial charge in [-0.1, -0.05) is 48.0 Å². The summed E-state index contributed by atoms with van der Waals surface area (Å²) in [7, 11) is -7.55. The van der Waals surface area contributed by atoms with E-state index >= 15 is 0 Å². The van der Waals surface area contributed by atoms with Crippen LogP contribution in [-0.4, -0.2) is 33.2 Å². The summed E-state index contributed by atoms with van der Waals surface area (Å²) in [5.41, 5.74) is 3.36. The molecule has 10 heteroatoms. The van der Waals surface area contributed by atoms with Crippen LogP contribution in [0.25, 0.3) is 0 Å². The molecular formula is C23H22FN3O4S2. The highest BCUT2D eigenvalue weighted by molar-refractivity contribution is 7.92. The van der Waals surface area contributed by atoms with Crippen LogP contribution in [0.2, 0.25) is 0 Å². The lowest BCUT2D eigenvalue weighted by molar-refractivity contribution is 0.371. The molecule has 0 spiro atoms. The van der Waals surface area contributed by atoms with Gasteiger partial charge in [0.2, 0.25) is 10.0 Å². The standard InChI is InChI=1S/C23H22FN3O4S2/c1-16-6-8-18(9-7-16)23-15-22(17-10-12-20(13-11-17)26-32(2,28)29)25-27(23)33(30,31)21-5-3-4-19(24)14-21/h3-14,23,26H,15H2,1-2H3. The molecule has 0 bridgehead atoms. The summed E-state index contributed by atoms with van der Waals surface area (Å²) >= 11 is 0. The Balaban J connectivity index is 1.74. The second-order valence-electron chi connectivity index (χ2n) is 7.86. The summed E-state index contributed by atoms with van der Waals surface area (Å²) in [6.45, 7) is 1.94. The second kappa shape index (κ2) is 8.60. The van der Waals surface area contributed by atoms with Crippen molar-refractivity contribution in [2.75, 3.05) is 11.0 Å². The summed E-state index contributed by atoms with van der Waals surface area (Å²) in [6.07, 6.45) is 1.36. The Labute approximate surface area is 192 Å². The fourth-order valence-electron chi connectivity index (χ4n) is 3.60. The van der Waals surface area contributed by atoms with Gasteiger partial charge in [-0.25, -0.2) is 12.8 Å². The molecule has 4 rings (SSSR count). The minimum absolute atomic E-state index is 0.183. The maximum atomic E-state index is 13.8. The highest BCUT2D eigenvalue weighted by atomic mass is 32.2. The minimum Gasteiger partial charge on any atom is -0.284 e. The van der Waals surface area contributed by atoms with Gasteiger partial charge in [-0.15, -0.1) is 0 Å². The smallest absolute Gasteiger partial charge is 0.279 e. The topological polar surface area (TPSA) is 95.9 Å². The van der Waals surface area contributed by atoms with Crippen molar-refractivity contribution >= 4 is 31.4 Å². The van der Waals surface area contributed by atoms with Crippen LogP contribution in [-0.2, 0) is 20.0 Å². The first-order valence-electron chi connectivity index (χ1n) is 10.1. The Morgan fingerprint density at radius 3 is 2.24 bits per heavy atom. The van der Waals surface area contributed by atoms with Crippen LogP contribution in [0.15, 0.2) is 82.8 Å². The zero-order valence-electron chi connectivity index (χ0n) is 17.9. The van der Waals surface area contributed by atoms with Crippen molar-refractivity contribution in [2.24, 2.45) is 5.10 Å². The Hall–Kier alpha value is -3.24. The molecule has 172 valence electrons. The summed E-state index contributed by atoms with van der Waals surface area (Å²) in [6, 6.07) is 18.3. The molecule has 3 aromatic rings. The van der Waals surface area contributed by atoms with Crippen molar-refractivity contribution in [2.45, 2.75) is 24.3 Å². The van der Waals surface area contributed by atoms with E-state index in [0.29, 0.717) is 23.4 Å². The van der Waals surface area contributed by atoms with E-state index in [1.165, 1.54) is 18.2 Å². The zero-order chi connectivity index (χ0) is 23.8. The lowest BCUT2D eigenvalue weighted by Crippen LogP contribution is -2.27. The number of hydrogen-bond acceptors (Lipinski definition) is 5. The summed E-state index contributed by atoms with van der Waals surface area (Å²) in [5.74, 6) is -0.652. The van der Waals surface area contributed by atoms with E-state index in [-0.39, 0.29) is 4.90 Å². The fourth-order valence-corrected chi connectivity index (χ4v) is 5.63. The van der Waals surface area contributed by atoms with Crippen molar-refractivity contribution in [1.82, 2.24) is 4.41 Å². The molecule has 7 nitrogen and oxygen atoms in total. The zero-order valence-corrected chi connectivity index (χ0v) is 19.6. The van der Waals surface area contributed by atoms with E-state index < -0.39 is 31.9 Å². The number of benzene rings is 3. The molecule has 0 radical (unpaired) electrons. The number of aryl methyl sites for hydroxylation is 1. The second-order valence-corrected chi connectivity index (χ2v) is 11.4. The van der Waals surface area contributed by atoms with Gasteiger partial charge in [0.25, 0.3) is 10.0 Å². The Morgan fingerprint density at radius 2 is 1.64 bits per heavy atom. The van der Waals surface area contributed by atoms with Gasteiger partial charge in [0.15, 0.2) is 0 Å². The van der Waals surface area contributed by atoms with Crippen LogP contribution in [0.3, 0.4) is 0 Å². The molecule has 1 aliphatic rings. The van der Waals surface area contributed by atoms with Gasteiger partial charge in [0.1, 0.15) is 5.82 Å². The van der Waals surface area contributed by atoms with Crippen molar-refractivity contribution in [3.63, 3.8) is 0 Å². The number of hydrazone groups is 1. The van der Waals surface area contributed by atoms with E-state index in [1.807, 2.05) is 31.2 Å². The highest BCUT2D eigenvalue weighted by Gasteiger charge is 2.37. The SMILES string of the molecule is Cc1ccc(C2CC(c3ccc(NS(C)(=O)=O)cc3)=NN2S(=O)(=O)c2cccc(F)c2)cc1. The third-order valence-corrected chi connectivity index (χ3v) is 7.48. The average molecular weight is 488 g/mol. The summed E-state index contributed by atoms with van der Waals surface area (Å²) in [5, 5.41) is 4.42. The number of sulfonamides is 2. The first-order valence-corrected chi connectivity index (χ1v) is 13.4. The van der Waals surface area contributed by atoms with Crippen molar-refractivity contribution in [3.8, 4) is 0 Å². The maximum absolute atomic E-state index is 13.8. The van der Waals surface area contributed by atoms with Crippen molar-refractivity contribution < 1.29 is 21.2 Å². The van der Waals surface area contributed by atoms with Crippen LogP contribution in [0.1, 0.15) is 29.2 Å². The molecular weight excluding hydrogens is 465 g/mol. The van der Waals surface area contributed by atoms with Crippen LogP contribution < -0.4 is 4.72 Å². The average Bonchev–Trinajstić information content (AvgIpc) is 3.20. The molecule has 3 aromatic carbocycles. The number of hydrogen-bond donors (Lipinski definition) is 1. The quantitative estimate of drug-likeness (QED) is 0.568. The third kappa shape index (κ3) is 5.07. The van der Waals surface area contributed by atoms with Crippen LogP contribution in [0.4, 0.5) is 10.1 Å². The molecule has 1 atom stereocenters. The predicted molar refractivity (Wildman–Crippen MR) is 125 cm³/mol. The minimum atomic E-state index is -4.13. The van der Waals surface area contributed by atoms with Gasteiger partial charge in [0.05, 0.1) is 22.9 Å². The highest BCUT2D eigenvalue weighted by Crippen LogP contribution is 2.37. The lowest BCUT2D eigenvalue weighted by Gasteiger charge is -2.23. The predicted octanol–water partition coefficient (Wildman–Crippen LogP) is 4.05. The molecule has 1 unspecified atom stereocenters. The van der Waals surface area contributed by atoms with Crippen LogP contribution >= 0.6 is 0 Å². The molecule has 1 heterocycles. The number of nitrogens with zero attached hydrogens (tertiary/aromatic N) is 2. The molecule has 0 amide bonds. The van der Waals surface area contributed by atoms with Crippen LogP contribution in [0.5, 0.6) is 0 Å². The first-order chi connectivity index (χ1) is 15.5. The lowest BCUT2D eigenvalue weighted by atomic mass is 9.98. The normalized spacial score (nSPS) is 16.5. The molecule has 0 aliphatic carbocycles. The Morgan fingerprint density at radius 1 is 0.970 bits per heavy atom. The molecule has 0 aromatic heterocycles. The molecule has 33 heavy (non-hydrogen) atoms. The number of rotatable bonds is 6. The third-order valence-electron chi connectivity index (χ3n) is 5.20. The largest absolute Gasteiger partial charge is 0.284 e. The molecule has 0 saturated carbocycles. The van der Waals surface area contributed by atoms with Gasteiger partial charge >= 0.3 is 0 Å². The van der Waals surface area contributed by atoms with E-state index in [1.54, 1.807) is 24.3 Å².